The van der Waals surface area contributed by atoms with Gasteiger partial charge in [-0.15, -0.1) is 22.7 Å². The first kappa shape index (κ1) is 20.5. The molecule has 0 saturated heterocycles. The number of hydrogen-bond acceptors (Lipinski definition) is 5. The Morgan fingerprint density at radius 2 is 1.90 bits per heavy atom. The lowest BCUT2D eigenvalue weighted by Crippen LogP contribution is -2.35. The van der Waals surface area contributed by atoms with Gasteiger partial charge in [0, 0.05) is 46.4 Å². The van der Waals surface area contributed by atoms with E-state index in [4.69, 9.17) is 4.98 Å². The molecule has 158 valence electrons. The van der Waals surface area contributed by atoms with Gasteiger partial charge in [-0.2, -0.15) is 0 Å². The normalized spacial score (nSPS) is 14.3. The Labute approximate surface area is 189 Å². The highest BCUT2D eigenvalue weighted by Gasteiger charge is 2.28. The largest absolute Gasteiger partial charge is 0.296 e. The van der Waals surface area contributed by atoms with Crippen molar-refractivity contribution in [3.05, 3.63) is 75.2 Å². The van der Waals surface area contributed by atoms with Gasteiger partial charge >= 0.3 is 0 Å². The van der Waals surface area contributed by atoms with Crippen LogP contribution in [0.25, 0.3) is 20.8 Å². The van der Waals surface area contributed by atoms with Crippen molar-refractivity contribution in [2.45, 2.75) is 39.3 Å². The van der Waals surface area contributed by atoms with Crippen molar-refractivity contribution in [2.24, 2.45) is 0 Å². The minimum atomic E-state index is -0.327. The van der Waals surface area contributed by atoms with Crippen LogP contribution >= 0.6 is 22.7 Å². The molecule has 0 fully saturated rings. The lowest BCUT2D eigenvalue weighted by molar-refractivity contribution is 0.0994. The molecule has 0 amide bonds. The van der Waals surface area contributed by atoms with Crippen molar-refractivity contribution in [2.75, 3.05) is 6.54 Å². The first-order valence-corrected chi connectivity index (χ1v) is 12.1. The SMILES string of the molecule is CC(C)N1CCc2c(sc(CC(=O)c3ccc(F)cc3)c2-c2nc3ccccc3s2)C1. The third-order valence-corrected chi connectivity index (χ3v) is 8.16. The quantitative estimate of drug-likeness (QED) is 0.332. The van der Waals surface area contributed by atoms with Gasteiger partial charge in [0.1, 0.15) is 10.8 Å². The predicted octanol–water partition coefficient (Wildman–Crippen LogP) is 6.36. The number of para-hydroxylation sites is 1. The summed E-state index contributed by atoms with van der Waals surface area (Å²) in [5.74, 6) is -0.311. The number of thiophene rings is 1. The van der Waals surface area contributed by atoms with E-state index in [-0.39, 0.29) is 11.6 Å². The van der Waals surface area contributed by atoms with Crippen LogP contribution in [0.1, 0.15) is 39.5 Å². The Morgan fingerprint density at radius 1 is 1.13 bits per heavy atom. The molecule has 2 aromatic heterocycles. The van der Waals surface area contributed by atoms with Gasteiger partial charge in [-0.05, 0) is 62.2 Å². The van der Waals surface area contributed by atoms with Crippen LogP contribution in [0.5, 0.6) is 0 Å². The standard InChI is InChI=1S/C25H23FN2OS2/c1-15(2)28-12-11-18-23(14-28)30-22(13-20(29)16-7-9-17(26)10-8-16)24(18)25-27-19-5-3-4-6-21(19)31-25/h3-10,15H,11-14H2,1-2H3. The van der Waals surface area contributed by atoms with Gasteiger partial charge in [-0.3, -0.25) is 9.69 Å². The zero-order valence-electron chi connectivity index (χ0n) is 17.5. The number of nitrogens with zero attached hydrogens (tertiary/aromatic N) is 2. The van der Waals surface area contributed by atoms with Crippen LogP contribution in [-0.2, 0) is 19.4 Å². The average molecular weight is 451 g/mol. The van der Waals surface area contributed by atoms with Crippen LogP contribution in [0.4, 0.5) is 4.39 Å². The van der Waals surface area contributed by atoms with Gasteiger partial charge in [-0.1, -0.05) is 12.1 Å². The summed E-state index contributed by atoms with van der Waals surface area (Å²) >= 11 is 3.44. The second kappa shape index (κ2) is 8.26. The molecule has 2 aromatic carbocycles. The summed E-state index contributed by atoms with van der Waals surface area (Å²) in [6, 6.07) is 14.5. The molecule has 0 spiro atoms. The van der Waals surface area contributed by atoms with E-state index in [0.717, 1.165) is 45.2 Å². The summed E-state index contributed by atoms with van der Waals surface area (Å²) in [7, 11) is 0. The fourth-order valence-corrected chi connectivity index (χ4v) is 6.67. The summed E-state index contributed by atoms with van der Waals surface area (Å²) in [5.41, 5.74) is 4.05. The molecular formula is C25H23FN2OS2. The molecule has 6 heteroatoms. The Hall–Kier alpha value is -2.41. The van der Waals surface area contributed by atoms with E-state index in [1.54, 1.807) is 34.8 Å². The number of halogens is 1. The molecule has 0 N–H and O–H groups in total. The zero-order valence-corrected chi connectivity index (χ0v) is 19.2. The number of rotatable bonds is 5. The number of fused-ring (bicyclic) bond motifs is 2. The van der Waals surface area contributed by atoms with E-state index >= 15 is 0 Å². The molecule has 1 aliphatic heterocycles. The summed E-state index contributed by atoms with van der Waals surface area (Å²) in [4.78, 5) is 22.8. The molecule has 3 nitrogen and oxygen atoms in total. The van der Waals surface area contributed by atoms with Crippen molar-refractivity contribution in [3.63, 3.8) is 0 Å². The molecule has 0 unspecified atom stereocenters. The predicted molar refractivity (Wildman–Crippen MR) is 127 cm³/mol. The van der Waals surface area contributed by atoms with E-state index in [1.807, 2.05) is 18.2 Å². The maximum atomic E-state index is 13.3. The molecular weight excluding hydrogens is 427 g/mol. The smallest absolute Gasteiger partial charge is 0.168 e. The number of carbonyl (C=O) groups is 1. The maximum Gasteiger partial charge on any atom is 0.168 e. The van der Waals surface area contributed by atoms with Gasteiger partial charge < -0.3 is 0 Å². The van der Waals surface area contributed by atoms with E-state index in [2.05, 4.69) is 24.8 Å². The van der Waals surface area contributed by atoms with Crippen LogP contribution in [0.15, 0.2) is 48.5 Å². The highest BCUT2D eigenvalue weighted by Crippen LogP contribution is 2.43. The van der Waals surface area contributed by atoms with Gasteiger partial charge in [-0.25, -0.2) is 9.37 Å². The van der Waals surface area contributed by atoms with Gasteiger partial charge in [0.05, 0.1) is 10.2 Å². The second-order valence-corrected chi connectivity index (χ2v) is 10.4. The Bertz CT molecular complexity index is 1220. The molecule has 5 rings (SSSR count). The van der Waals surface area contributed by atoms with E-state index in [1.165, 1.54) is 22.6 Å². The topological polar surface area (TPSA) is 33.2 Å². The minimum absolute atomic E-state index is 0.0154. The summed E-state index contributed by atoms with van der Waals surface area (Å²) < 4.78 is 14.5. The number of hydrogen-bond donors (Lipinski definition) is 0. The highest BCUT2D eigenvalue weighted by molar-refractivity contribution is 7.22. The fourth-order valence-electron chi connectivity index (χ4n) is 4.16. The molecule has 31 heavy (non-hydrogen) atoms. The Kier molecular flexibility index (Phi) is 5.46. The third-order valence-electron chi connectivity index (χ3n) is 5.88. The van der Waals surface area contributed by atoms with Gasteiger partial charge in [0.25, 0.3) is 0 Å². The molecule has 4 aromatic rings. The Morgan fingerprint density at radius 3 is 2.65 bits per heavy atom. The highest BCUT2D eigenvalue weighted by atomic mass is 32.1. The van der Waals surface area contributed by atoms with Crippen molar-refractivity contribution < 1.29 is 9.18 Å². The van der Waals surface area contributed by atoms with Crippen molar-refractivity contribution in [1.29, 1.82) is 0 Å². The maximum absolute atomic E-state index is 13.3. The van der Waals surface area contributed by atoms with E-state index in [9.17, 15) is 9.18 Å². The molecule has 1 aliphatic rings. The molecule has 3 heterocycles. The minimum Gasteiger partial charge on any atom is -0.296 e. The third kappa shape index (κ3) is 3.95. The first-order chi connectivity index (χ1) is 15.0. The molecule has 0 bridgehead atoms. The van der Waals surface area contributed by atoms with Crippen molar-refractivity contribution >= 4 is 38.7 Å². The number of benzene rings is 2. The molecule has 0 saturated carbocycles. The van der Waals surface area contributed by atoms with Crippen LogP contribution < -0.4 is 0 Å². The van der Waals surface area contributed by atoms with Crippen LogP contribution in [-0.4, -0.2) is 28.3 Å². The number of aromatic nitrogens is 1. The zero-order chi connectivity index (χ0) is 21.5. The summed E-state index contributed by atoms with van der Waals surface area (Å²) in [6.07, 6.45) is 1.29. The molecule has 0 aliphatic carbocycles. The van der Waals surface area contributed by atoms with Crippen LogP contribution in [0.2, 0.25) is 0 Å². The first-order valence-electron chi connectivity index (χ1n) is 10.5. The summed E-state index contributed by atoms with van der Waals surface area (Å²) in [5, 5.41) is 0.999. The van der Waals surface area contributed by atoms with E-state index in [0.29, 0.717) is 18.0 Å². The molecule has 0 atom stereocenters. The van der Waals surface area contributed by atoms with Crippen LogP contribution in [0.3, 0.4) is 0 Å². The van der Waals surface area contributed by atoms with Gasteiger partial charge in [0.2, 0.25) is 0 Å². The van der Waals surface area contributed by atoms with Crippen molar-refractivity contribution in [3.8, 4) is 10.6 Å². The Balaban J connectivity index is 1.58. The monoisotopic (exact) mass is 450 g/mol. The number of thiazole rings is 1. The number of carbonyl (C=O) groups excluding carboxylic acids is 1. The lowest BCUT2D eigenvalue weighted by Gasteiger charge is -2.30. The van der Waals surface area contributed by atoms with E-state index < -0.39 is 0 Å². The summed E-state index contributed by atoms with van der Waals surface area (Å²) in [6.45, 7) is 6.39. The lowest BCUT2D eigenvalue weighted by atomic mass is 9.98. The number of ketones is 1. The molecule has 0 radical (unpaired) electrons. The fraction of sp³-hybridized carbons (Fsp3) is 0.280. The van der Waals surface area contributed by atoms with Gasteiger partial charge in [0.15, 0.2) is 5.78 Å². The second-order valence-electron chi connectivity index (χ2n) is 8.21. The van der Waals surface area contributed by atoms with Crippen LogP contribution in [0, 0.1) is 5.82 Å². The average Bonchev–Trinajstić information content (AvgIpc) is 3.33. The van der Waals surface area contributed by atoms with Crippen molar-refractivity contribution in [1.82, 2.24) is 9.88 Å². The number of Topliss-reactive ketones (excluding diaryl/α,β-unsaturated/α-hetero) is 1.